The van der Waals surface area contributed by atoms with Crippen molar-refractivity contribution in [2.24, 2.45) is 0 Å². The molecule has 0 bridgehead atoms. The van der Waals surface area contributed by atoms with E-state index in [1.165, 1.54) is 0 Å². The number of likely N-dealkylation sites (N-methyl/N-ethyl adjacent to an activating group) is 2. The summed E-state index contributed by atoms with van der Waals surface area (Å²) in [7, 11) is 3.90. The van der Waals surface area contributed by atoms with Crippen LogP contribution in [0.3, 0.4) is 0 Å². The minimum absolute atomic E-state index is 0.0103. The number of hydrogen-bond acceptors (Lipinski definition) is 3. The number of nitrogens with one attached hydrogen (secondary N) is 1. The first kappa shape index (κ1) is 11.5. The van der Waals surface area contributed by atoms with E-state index in [0.717, 1.165) is 19.6 Å². The van der Waals surface area contributed by atoms with E-state index in [1.807, 2.05) is 19.0 Å². The van der Waals surface area contributed by atoms with Gasteiger partial charge in [0, 0.05) is 25.7 Å². The number of nitrogens with zero attached hydrogens (tertiary/aromatic N) is 2. The van der Waals surface area contributed by atoms with Gasteiger partial charge in [-0.2, -0.15) is 0 Å². The molecule has 1 saturated heterocycles. The van der Waals surface area contributed by atoms with Crippen LogP contribution in [0.1, 0.15) is 13.8 Å². The Labute approximate surface area is 86.2 Å². The number of rotatable bonds is 3. The lowest BCUT2D eigenvalue weighted by Gasteiger charge is -2.40. The molecule has 14 heavy (non-hydrogen) atoms. The van der Waals surface area contributed by atoms with Crippen molar-refractivity contribution in [1.82, 2.24) is 15.1 Å². The fraction of sp³-hybridized carbons (Fsp3) is 0.900. The number of amides is 1. The zero-order chi connectivity index (χ0) is 10.7. The van der Waals surface area contributed by atoms with Crippen molar-refractivity contribution in [3.05, 3.63) is 0 Å². The van der Waals surface area contributed by atoms with Gasteiger partial charge in [-0.15, -0.1) is 0 Å². The quantitative estimate of drug-likeness (QED) is 0.681. The van der Waals surface area contributed by atoms with E-state index in [4.69, 9.17) is 0 Å². The minimum Gasteiger partial charge on any atom is -0.338 e. The molecule has 0 aromatic rings. The van der Waals surface area contributed by atoms with Crippen molar-refractivity contribution >= 4 is 5.91 Å². The van der Waals surface area contributed by atoms with Crippen LogP contribution in [0.4, 0.5) is 0 Å². The third-order valence-corrected chi connectivity index (χ3v) is 2.81. The zero-order valence-corrected chi connectivity index (χ0v) is 9.58. The van der Waals surface area contributed by atoms with Crippen molar-refractivity contribution in [2.75, 3.05) is 33.7 Å². The SMILES string of the molecule is CNCC1C(=O)N(C(C)C)CCN1C. The molecule has 0 radical (unpaired) electrons. The highest BCUT2D eigenvalue weighted by Gasteiger charge is 2.32. The molecule has 0 spiro atoms. The third-order valence-electron chi connectivity index (χ3n) is 2.81. The summed E-state index contributed by atoms with van der Waals surface area (Å²) in [6.45, 7) is 6.70. The lowest BCUT2D eigenvalue weighted by Crippen LogP contribution is -2.60. The van der Waals surface area contributed by atoms with Crippen LogP contribution < -0.4 is 5.32 Å². The number of hydrogen-bond donors (Lipinski definition) is 1. The standard InChI is InChI=1S/C10H21N3O/c1-8(2)13-6-5-12(4)9(7-11-3)10(13)14/h8-9,11H,5-7H2,1-4H3. The van der Waals surface area contributed by atoms with Gasteiger partial charge in [0.2, 0.25) is 5.91 Å². The second-order valence-electron chi connectivity index (χ2n) is 4.18. The van der Waals surface area contributed by atoms with Crippen LogP contribution in [0.15, 0.2) is 0 Å². The Hall–Kier alpha value is -0.610. The van der Waals surface area contributed by atoms with Crippen molar-refractivity contribution < 1.29 is 4.79 Å². The van der Waals surface area contributed by atoms with Gasteiger partial charge in [0.1, 0.15) is 6.04 Å². The maximum Gasteiger partial charge on any atom is 0.241 e. The molecule has 1 heterocycles. The Morgan fingerprint density at radius 2 is 2.14 bits per heavy atom. The third kappa shape index (κ3) is 2.25. The molecular formula is C10H21N3O. The van der Waals surface area contributed by atoms with Gasteiger partial charge in [-0.1, -0.05) is 0 Å². The van der Waals surface area contributed by atoms with Gasteiger partial charge in [-0.3, -0.25) is 9.69 Å². The highest BCUT2D eigenvalue weighted by molar-refractivity contribution is 5.83. The first-order valence-corrected chi connectivity index (χ1v) is 5.23. The molecule has 0 aromatic heterocycles. The van der Waals surface area contributed by atoms with Crippen LogP contribution in [0, 0.1) is 0 Å². The summed E-state index contributed by atoms with van der Waals surface area (Å²) in [5, 5.41) is 3.07. The minimum atomic E-state index is 0.0103. The van der Waals surface area contributed by atoms with E-state index in [-0.39, 0.29) is 11.9 Å². The highest BCUT2D eigenvalue weighted by atomic mass is 16.2. The molecule has 0 aliphatic carbocycles. The van der Waals surface area contributed by atoms with Gasteiger partial charge < -0.3 is 10.2 Å². The smallest absolute Gasteiger partial charge is 0.241 e. The fourth-order valence-electron chi connectivity index (χ4n) is 1.86. The topological polar surface area (TPSA) is 35.6 Å². The molecule has 1 amide bonds. The molecule has 1 rings (SSSR count). The van der Waals surface area contributed by atoms with Crippen LogP contribution in [-0.4, -0.2) is 61.5 Å². The van der Waals surface area contributed by atoms with Crippen molar-refractivity contribution in [1.29, 1.82) is 0 Å². The normalized spacial score (nSPS) is 24.8. The monoisotopic (exact) mass is 199 g/mol. The molecule has 1 aliphatic rings. The van der Waals surface area contributed by atoms with Crippen LogP contribution in [0.2, 0.25) is 0 Å². The molecule has 1 aliphatic heterocycles. The molecule has 82 valence electrons. The Kier molecular flexibility index (Phi) is 3.89. The molecule has 0 saturated carbocycles. The van der Waals surface area contributed by atoms with Crippen LogP contribution in [0.25, 0.3) is 0 Å². The molecule has 4 heteroatoms. The van der Waals surface area contributed by atoms with E-state index in [9.17, 15) is 4.79 Å². The summed E-state index contributed by atoms with van der Waals surface area (Å²) in [5.74, 6) is 0.253. The van der Waals surface area contributed by atoms with Gasteiger partial charge in [0.25, 0.3) is 0 Å². The van der Waals surface area contributed by atoms with Crippen molar-refractivity contribution in [2.45, 2.75) is 25.9 Å². The van der Waals surface area contributed by atoms with Crippen molar-refractivity contribution in [3.63, 3.8) is 0 Å². The van der Waals surface area contributed by atoms with E-state index < -0.39 is 0 Å². The van der Waals surface area contributed by atoms with E-state index >= 15 is 0 Å². The van der Waals surface area contributed by atoms with Crippen molar-refractivity contribution in [3.8, 4) is 0 Å². The Bertz CT molecular complexity index is 206. The average Bonchev–Trinajstić information content (AvgIpc) is 2.11. The molecule has 0 aromatic carbocycles. The summed E-state index contributed by atoms with van der Waals surface area (Å²) >= 11 is 0. The summed E-state index contributed by atoms with van der Waals surface area (Å²) in [4.78, 5) is 16.1. The Balaban J connectivity index is 2.67. The predicted octanol–water partition coefficient (Wildman–Crippen LogP) is -0.243. The molecule has 1 atom stereocenters. The summed E-state index contributed by atoms with van der Waals surface area (Å²) in [6.07, 6.45) is 0. The number of carbonyl (C=O) groups excluding carboxylic acids is 1. The van der Waals surface area contributed by atoms with E-state index in [2.05, 4.69) is 24.1 Å². The Morgan fingerprint density at radius 3 is 2.64 bits per heavy atom. The van der Waals surface area contributed by atoms with Crippen LogP contribution in [-0.2, 0) is 4.79 Å². The molecule has 1 fully saturated rings. The maximum atomic E-state index is 12.0. The summed E-state index contributed by atoms with van der Waals surface area (Å²) in [6, 6.07) is 0.326. The molecular weight excluding hydrogens is 178 g/mol. The van der Waals surface area contributed by atoms with Gasteiger partial charge in [0.15, 0.2) is 0 Å². The fourth-order valence-corrected chi connectivity index (χ4v) is 1.86. The first-order valence-electron chi connectivity index (χ1n) is 5.23. The molecule has 1 N–H and O–H groups in total. The summed E-state index contributed by atoms with van der Waals surface area (Å²) in [5.41, 5.74) is 0. The van der Waals surface area contributed by atoms with Crippen LogP contribution >= 0.6 is 0 Å². The first-order chi connectivity index (χ1) is 6.57. The zero-order valence-electron chi connectivity index (χ0n) is 9.58. The second kappa shape index (κ2) is 4.75. The largest absolute Gasteiger partial charge is 0.338 e. The van der Waals surface area contributed by atoms with Gasteiger partial charge >= 0.3 is 0 Å². The maximum absolute atomic E-state index is 12.0. The average molecular weight is 199 g/mol. The number of carbonyl (C=O) groups is 1. The highest BCUT2D eigenvalue weighted by Crippen LogP contribution is 2.11. The Morgan fingerprint density at radius 1 is 1.50 bits per heavy atom. The van der Waals surface area contributed by atoms with E-state index in [0.29, 0.717) is 6.04 Å². The van der Waals surface area contributed by atoms with Gasteiger partial charge in [0.05, 0.1) is 0 Å². The lowest BCUT2D eigenvalue weighted by molar-refractivity contribution is -0.142. The van der Waals surface area contributed by atoms with Gasteiger partial charge in [-0.25, -0.2) is 0 Å². The van der Waals surface area contributed by atoms with E-state index in [1.54, 1.807) is 0 Å². The summed E-state index contributed by atoms with van der Waals surface area (Å²) < 4.78 is 0. The molecule has 4 nitrogen and oxygen atoms in total. The predicted molar refractivity (Wildman–Crippen MR) is 57.2 cm³/mol. The number of piperazine rings is 1. The lowest BCUT2D eigenvalue weighted by atomic mass is 10.1. The van der Waals surface area contributed by atoms with Gasteiger partial charge in [-0.05, 0) is 27.9 Å². The second-order valence-corrected chi connectivity index (χ2v) is 4.18. The molecule has 1 unspecified atom stereocenters. The van der Waals surface area contributed by atoms with Crippen LogP contribution in [0.5, 0.6) is 0 Å².